The molecule has 0 aromatic heterocycles. The molecule has 0 aliphatic carbocycles. The molecule has 0 saturated heterocycles. The zero-order valence-corrected chi connectivity index (χ0v) is 10.1. The second-order valence-corrected chi connectivity index (χ2v) is 4.71. The molecule has 0 spiro atoms. The van der Waals surface area contributed by atoms with Crippen molar-refractivity contribution >= 4 is 5.69 Å². The van der Waals surface area contributed by atoms with Crippen LogP contribution < -0.4 is 11.1 Å². The number of nitrogens with two attached hydrogens (primary N) is 1. The summed E-state index contributed by atoms with van der Waals surface area (Å²) in [5.41, 5.74) is 4.15. The molecule has 0 aliphatic heterocycles. The highest BCUT2D eigenvalue weighted by Crippen LogP contribution is 2.33. The number of alkyl halides is 3. The lowest BCUT2D eigenvalue weighted by atomic mass is 10.1. The van der Waals surface area contributed by atoms with Crippen LogP contribution in [0.5, 0.6) is 0 Å². The van der Waals surface area contributed by atoms with Gasteiger partial charge in [-0.1, -0.05) is 0 Å². The number of rotatable bonds is 3. The van der Waals surface area contributed by atoms with Gasteiger partial charge in [-0.2, -0.15) is 18.4 Å². The zero-order valence-electron chi connectivity index (χ0n) is 10.1. The van der Waals surface area contributed by atoms with E-state index >= 15 is 0 Å². The van der Waals surface area contributed by atoms with Crippen molar-refractivity contribution in [3.8, 4) is 6.07 Å². The molecule has 0 radical (unpaired) electrons. The van der Waals surface area contributed by atoms with Crippen molar-refractivity contribution in [3.63, 3.8) is 0 Å². The van der Waals surface area contributed by atoms with Gasteiger partial charge in [-0.05, 0) is 32.0 Å². The first-order valence-corrected chi connectivity index (χ1v) is 5.27. The Hall–Kier alpha value is -1.74. The van der Waals surface area contributed by atoms with Crippen molar-refractivity contribution in [3.05, 3.63) is 29.3 Å². The van der Waals surface area contributed by atoms with E-state index in [-0.39, 0.29) is 5.56 Å². The van der Waals surface area contributed by atoms with Crippen molar-refractivity contribution in [1.29, 1.82) is 5.26 Å². The van der Waals surface area contributed by atoms with Crippen molar-refractivity contribution in [1.82, 2.24) is 0 Å². The number of nitrogens with zero attached hydrogens (tertiary/aromatic N) is 1. The molecule has 0 saturated carbocycles. The minimum atomic E-state index is -4.54. The molecule has 1 rings (SSSR count). The molecule has 6 heteroatoms. The van der Waals surface area contributed by atoms with E-state index in [0.717, 1.165) is 12.1 Å². The van der Waals surface area contributed by atoms with Gasteiger partial charge >= 0.3 is 6.18 Å². The van der Waals surface area contributed by atoms with Crippen LogP contribution in [0.15, 0.2) is 18.2 Å². The van der Waals surface area contributed by atoms with E-state index in [9.17, 15) is 13.2 Å². The zero-order chi connectivity index (χ0) is 14.0. The molecule has 3 nitrogen and oxygen atoms in total. The third-order valence-electron chi connectivity index (χ3n) is 2.19. The van der Waals surface area contributed by atoms with Crippen LogP contribution in [-0.2, 0) is 6.18 Å². The first kappa shape index (κ1) is 14.3. The van der Waals surface area contributed by atoms with Gasteiger partial charge in [0.2, 0.25) is 0 Å². The molecule has 3 N–H and O–H groups in total. The summed E-state index contributed by atoms with van der Waals surface area (Å²) in [7, 11) is 0. The minimum absolute atomic E-state index is 0.292. The Morgan fingerprint density at radius 3 is 2.39 bits per heavy atom. The summed E-state index contributed by atoms with van der Waals surface area (Å²) < 4.78 is 38.1. The van der Waals surface area contributed by atoms with E-state index < -0.39 is 17.3 Å². The molecular formula is C12H14F3N3. The van der Waals surface area contributed by atoms with Gasteiger partial charge in [0.05, 0.1) is 17.2 Å². The predicted molar refractivity (Wildman–Crippen MR) is 62.9 cm³/mol. The standard InChI is InChI=1S/C12H14F3N3/c1-11(2,17)7-18-9-4-3-8(6-16)10(5-9)12(13,14)15/h3-5,18H,7,17H2,1-2H3. The summed E-state index contributed by atoms with van der Waals surface area (Å²) in [6.07, 6.45) is -4.54. The molecule has 0 atom stereocenters. The fourth-order valence-corrected chi connectivity index (χ4v) is 1.32. The van der Waals surface area contributed by atoms with E-state index in [0.29, 0.717) is 12.2 Å². The number of benzene rings is 1. The molecule has 1 aromatic carbocycles. The van der Waals surface area contributed by atoms with Gasteiger partial charge < -0.3 is 11.1 Å². The number of hydrogen-bond acceptors (Lipinski definition) is 3. The Labute approximate surface area is 103 Å². The highest BCUT2D eigenvalue weighted by Gasteiger charge is 2.33. The molecule has 0 aliphatic rings. The van der Waals surface area contributed by atoms with Crippen LogP contribution in [0.1, 0.15) is 25.0 Å². The Kier molecular flexibility index (Phi) is 3.87. The maximum Gasteiger partial charge on any atom is 0.417 e. The monoisotopic (exact) mass is 257 g/mol. The lowest BCUT2D eigenvalue weighted by Crippen LogP contribution is -2.39. The Balaban J connectivity index is 3.02. The number of anilines is 1. The summed E-state index contributed by atoms with van der Waals surface area (Å²) in [6, 6.07) is 5.03. The summed E-state index contributed by atoms with van der Waals surface area (Å²) in [5.74, 6) is 0. The smallest absolute Gasteiger partial charge is 0.383 e. The Morgan fingerprint density at radius 2 is 1.94 bits per heavy atom. The average Bonchev–Trinajstić information content (AvgIpc) is 2.24. The second-order valence-electron chi connectivity index (χ2n) is 4.71. The molecule has 0 unspecified atom stereocenters. The quantitative estimate of drug-likeness (QED) is 0.875. The topological polar surface area (TPSA) is 61.8 Å². The van der Waals surface area contributed by atoms with Gasteiger partial charge in [0.1, 0.15) is 0 Å². The van der Waals surface area contributed by atoms with E-state index in [2.05, 4.69) is 5.32 Å². The molecule has 18 heavy (non-hydrogen) atoms. The first-order valence-electron chi connectivity index (χ1n) is 5.27. The molecule has 0 fully saturated rings. The van der Waals surface area contributed by atoms with Crippen molar-refractivity contribution in [2.24, 2.45) is 5.73 Å². The molecule has 0 heterocycles. The van der Waals surface area contributed by atoms with Crippen molar-refractivity contribution in [2.45, 2.75) is 25.6 Å². The lowest BCUT2D eigenvalue weighted by molar-refractivity contribution is -0.137. The first-order chi connectivity index (χ1) is 8.13. The molecule has 1 aromatic rings. The number of halogens is 3. The number of hydrogen-bond donors (Lipinski definition) is 2. The Morgan fingerprint density at radius 1 is 1.33 bits per heavy atom. The second kappa shape index (κ2) is 4.86. The maximum atomic E-state index is 12.7. The van der Waals surface area contributed by atoms with Crippen LogP contribution in [0.2, 0.25) is 0 Å². The minimum Gasteiger partial charge on any atom is -0.383 e. The van der Waals surface area contributed by atoms with Crippen LogP contribution in [0, 0.1) is 11.3 Å². The van der Waals surface area contributed by atoms with Gasteiger partial charge in [0, 0.05) is 17.8 Å². The number of nitrogens with one attached hydrogen (secondary N) is 1. The van der Waals surface area contributed by atoms with Crippen LogP contribution in [-0.4, -0.2) is 12.1 Å². The van der Waals surface area contributed by atoms with Crippen molar-refractivity contribution in [2.75, 3.05) is 11.9 Å². The van der Waals surface area contributed by atoms with Gasteiger partial charge in [-0.3, -0.25) is 0 Å². The average molecular weight is 257 g/mol. The van der Waals surface area contributed by atoms with Gasteiger partial charge in [-0.25, -0.2) is 0 Å². The summed E-state index contributed by atoms with van der Waals surface area (Å²) >= 11 is 0. The van der Waals surface area contributed by atoms with E-state index in [4.69, 9.17) is 11.0 Å². The van der Waals surface area contributed by atoms with E-state index in [1.165, 1.54) is 12.1 Å². The summed E-state index contributed by atoms with van der Waals surface area (Å²) in [5, 5.41) is 11.5. The molecule has 0 bridgehead atoms. The summed E-state index contributed by atoms with van der Waals surface area (Å²) in [6.45, 7) is 3.85. The summed E-state index contributed by atoms with van der Waals surface area (Å²) in [4.78, 5) is 0. The van der Waals surface area contributed by atoms with Gasteiger partial charge in [0.15, 0.2) is 0 Å². The third-order valence-corrected chi connectivity index (χ3v) is 2.19. The fourth-order valence-electron chi connectivity index (χ4n) is 1.32. The SMILES string of the molecule is CC(C)(N)CNc1ccc(C#N)c(C(F)(F)F)c1. The highest BCUT2D eigenvalue weighted by molar-refractivity contribution is 5.53. The van der Waals surface area contributed by atoms with Gasteiger partial charge in [-0.15, -0.1) is 0 Å². The van der Waals surface area contributed by atoms with Crippen LogP contribution in [0.4, 0.5) is 18.9 Å². The molecular weight excluding hydrogens is 243 g/mol. The number of nitriles is 1. The Bertz CT molecular complexity index is 467. The molecule has 0 amide bonds. The van der Waals surface area contributed by atoms with Crippen LogP contribution in [0.25, 0.3) is 0 Å². The highest BCUT2D eigenvalue weighted by atomic mass is 19.4. The maximum absolute atomic E-state index is 12.7. The van der Waals surface area contributed by atoms with Crippen molar-refractivity contribution < 1.29 is 13.2 Å². The third kappa shape index (κ3) is 3.93. The fraction of sp³-hybridized carbons (Fsp3) is 0.417. The van der Waals surface area contributed by atoms with E-state index in [1.807, 2.05) is 0 Å². The largest absolute Gasteiger partial charge is 0.417 e. The van der Waals surface area contributed by atoms with E-state index in [1.54, 1.807) is 13.8 Å². The lowest BCUT2D eigenvalue weighted by Gasteiger charge is -2.20. The van der Waals surface area contributed by atoms with Crippen LogP contribution in [0.3, 0.4) is 0 Å². The normalized spacial score (nSPS) is 12.1. The van der Waals surface area contributed by atoms with Gasteiger partial charge in [0.25, 0.3) is 0 Å². The predicted octanol–water partition coefficient (Wildman–Crippen LogP) is 2.73. The van der Waals surface area contributed by atoms with Crippen LogP contribution >= 0.6 is 0 Å². The molecule has 98 valence electrons.